The van der Waals surface area contributed by atoms with E-state index in [-0.39, 0.29) is 12.0 Å². The summed E-state index contributed by atoms with van der Waals surface area (Å²) < 4.78 is 1.91. The molecule has 0 unspecified atom stereocenters. The highest BCUT2D eigenvalue weighted by Crippen LogP contribution is 2.31. The Morgan fingerprint density at radius 2 is 2.07 bits per heavy atom. The summed E-state index contributed by atoms with van der Waals surface area (Å²) in [5, 5.41) is 13.6. The van der Waals surface area contributed by atoms with E-state index in [0.29, 0.717) is 0 Å². The third-order valence-corrected chi connectivity index (χ3v) is 3.67. The predicted octanol–water partition coefficient (Wildman–Crippen LogP) is 2.15. The summed E-state index contributed by atoms with van der Waals surface area (Å²) in [6.45, 7) is 4.60. The molecule has 0 amide bonds. The summed E-state index contributed by atoms with van der Waals surface area (Å²) in [4.78, 5) is 0. The molecule has 0 aliphatic rings. The highest BCUT2D eigenvalue weighted by molar-refractivity contribution is 5.01. The van der Waals surface area contributed by atoms with Gasteiger partial charge in [0.1, 0.15) is 0 Å². The van der Waals surface area contributed by atoms with Gasteiger partial charge in [-0.05, 0) is 37.2 Å². The first-order chi connectivity index (χ1) is 7.17. The molecule has 0 saturated carbocycles. The predicted molar refractivity (Wildman–Crippen MR) is 61.6 cm³/mol. The normalized spacial score (nSPS) is 12.0. The second-order valence-corrected chi connectivity index (χ2v) is 4.31. The van der Waals surface area contributed by atoms with Gasteiger partial charge >= 0.3 is 0 Å². The van der Waals surface area contributed by atoms with Gasteiger partial charge < -0.3 is 5.11 Å². The van der Waals surface area contributed by atoms with E-state index in [1.165, 1.54) is 5.69 Å². The molecule has 0 aromatic carbocycles. The SMILES string of the molecule is CCC(CC)(CO)CCc1ccnn1C. The molecule has 0 radical (unpaired) electrons. The van der Waals surface area contributed by atoms with E-state index in [1.54, 1.807) is 0 Å². The molecular weight excluding hydrogens is 188 g/mol. The fraction of sp³-hybridized carbons (Fsp3) is 0.750. The zero-order chi connectivity index (χ0) is 11.3. The molecule has 0 aliphatic carbocycles. The maximum absolute atomic E-state index is 9.45. The quantitative estimate of drug-likeness (QED) is 0.781. The minimum atomic E-state index is 0.101. The molecule has 0 atom stereocenters. The molecule has 0 spiro atoms. The maximum Gasteiger partial charge on any atom is 0.0492 e. The van der Waals surface area contributed by atoms with Crippen molar-refractivity contribution in [3.63, 3.8) is 0 Å². The Hall–Kier alpha value is -0.830. The van der Waals surface area contributed by atoms with E-state index < -0.39 is 0 Å². The summed E-state index contributed by atoms with van der Waals surface area (Å²) >= 11 is 0. The molecule has 1 N–H and O–H groups in total. The molecule has 1 rings (SSSR count). The fourth-order valence-electron chi connectivity index (χ4n) is 1.95. The summed E-state index contributed by atoms with van der Waals surface area (Å²) in [6.07, 6.45) is 5.94. The van der Waals surface area contributed by atoms with Crippen LogP contribution in [0.2, 0.25) is 0 Å². The van der Waals surface area contributed by atoms with E-state index in [1.807, 2.05) is 24.0 Å². The van der Waals surface area contributed by atoms with Gasteiger partial charge in [0.2, 0.25) is 0 Å². The first-order valence-electron chi connectivity index (χ1n) is 5.75. The summed E-state index contributed by atoms with van der Waals surface area (Å²) in [6, 6.07) is 2.05. The molecular formula is C12H22N2O. The minimum absolute atomic E-state index is 0.101. The number of hydrogen-bond acceptors (Lipinski definition) is 2. The lowest BCUT2D eigenvalue weighted by molar-refractivity contribution is 0.105. The van der Waals surface area contributed by atoms with Gasteiger partial charge in [0.05, 0.1) is 0 Å². The number of rotatable bonds is 6. The largest absolute Gasteiger partial charge is 0.396 e. The van der Waals surface area contributed by atoms with Crippen LogP contribution in [0.4, 0.5) is 0 Å². The molecule has 0 bridgehead atoms. The van der Waals surface area contributed by atoms with Crippen LogP contribution in [0, 0.1) is 5.41 Å². The van der Waals surface area contributed by atoms with Crippen LogP contribution in [0.5, 0.6) is 0 Å². The second-order valence-electron chi connectivity index (χ2n) is 4.31. The summed E-state index contributed by atoms with van der Waals surface area (Å²) in [7, 11) is 1.97. The van der Waals surface area contributed by atoms with Gasteiger partial charge in [0, 0.05) is 25.5 Å². The van der Waals surface area contributed by atoms with Crippen molar-refractivity contribution >= 4 is 0 Å². The van der Waals surface area contributed by atoms with Crippen LogP contribution < -0.4 is 0 Å². The van der Waals surface area contributed by atoms with Crippen molar-refractivity contribution in [2.75, 3.05) is 6.61 Å². The standard InChI is InChI=1S/C12H22N2O/c1-4-12(5-2,10-15)8-6-11-7-9-13-14(11)3/h7,9,15H,4-6,8,10H2,1-3H3. The maximum atomic E-state index is 9.45. The van der Waals surface area contributed by atoms with Gasteiger partial charge in [-0.1, -0.05) is 13.8 Å². The van der Waals surface area contributed by atoms with Crippen LogP contribution in [-0.2, 0) is 13.5 Å². The van der Waals surface area contributed by atoms with E-state index in [2.05, 4.69) is 18.9 Å². The van der Waals surface area contributed by atoms with Gasteiger partial charge in [-0.2, -0.15) is 5.10 Å². The molecule has 86 valence electrons. The lowest BCUT2D eigenvalue weighted by Crippen LogP contribution is -2.24. The van der Waals surface area contributed by atoms with E-state index >= 15 is 0 Å². The van der Waals surface area contributed by atoms with Crippen LogP contribution in [-0.4, -0.2) is 21.5 Å². The molecule has 3 nitrogen and oxygen atoms in total. The number of aliphatic hydroxyl groups excluding tert-OH is 1. The highest BCUT2D eigenvalue weighted by Gasteiger charge is 2.24. The molecule has 0 aliphatic heterocycles. The first kappa shape index (κ1) is 12.2. The van der Waals surface area contributed by atoms with Gasteiger partial charge in [0.15, 0.2) is 0 Å². The van der Waals surface area contributed by atoms with Crippen molar-refractivity contribution in [1.29, 1.82) is 0 Å². The Bertz CT molecular complexity index is 281. The summed E-state index contributed by atoms with van der Waals surface area (Å²) in [5.74, 6) is 0. The van der Waals surface area contributed by atoms with Crippen molar-refractivity contribution < 1.29 is 5.11 Å². The monoisotopic (exact) mass is 210 g/mol. The van der Waals surface area contributed by atoms with Gasteiger partial charge in [-0.25, -0.2) is 0 Å². The van der Waals surface area contributed by atoms with E-state index in [4.69, 9.17) is 0 Å². The molecule has 1 aromatic heterocycles. The van der Waals surface area contributed by atoms with Crippen molar-refractivity contribution in [2.24, 2.45) is 12.5 Å². The van der Waals surface area contributed by atoms with E-state index in [0.717, 1.165) is 25.7 Å². The zero-order valence-electron chi connectivity index (χ0n) is 10.0. The molecule has 1 heterocycles. The van der Waals surface area contributed by atoms with Crippen molar-refractivity contribution in [1.82, 2.24) is 9.78 Å². The average molecular weight is 210 g/mol. The molecule has 0 fully saturated rings. The van der Waals surface area contributed by atoms with Gasteiger partial charge in [-0.15, -0.1) is 0 Å². The molecule has 15 heavy (non-hydrogen) atoms. The smallest absolute Gasteiger partial charge is 0.0492 e. The Morgan fingerprint density at radius 3 is 2.47 bits per heavy atom. The third kappa shape index (κ3) is 2.81. The highest BCUT2D eigenvalue weighted by atomic mass is 16.3. The van der Waals surface area contributed by atoms with Crippen LogP contribution in [0.15, 0.2) is 12.3 Å². The Kier molecular flexibility index (Phi) is 4.33. The van der Waals surface area contributed by atoms with E-state index in [9.17, 15) is 5.11 Å². The minimum Gasteiger partial charge on any atom is -0.396 e. The lowest BCUT2D eigenvalue weighted by Gasteiger charge is -2.29. The Labute approximate surface area is 92.1 Å². The van der Waals surface area contributed by atoms with Crippen molar-refractivity contribution in [3.05, 3.63) is 18.0 Å². The van der Waals surface area contributed by atoms with Gasteiger partial charge in [0.25, 0.3) is 0 Å². The molecule has 3 heteroatoms. The number of nitrogens with zero attached hydrogens (tertiary/aromatic N) is 2. The third-order valence-electron chi connectivity index (χ3n) is 3.67. The molecule has 0 saturated heterocycles. The average Bonchev–Trinajstić information content (AvgIpc) is 2.67. The van der Waals surface area contributed by atoms with Crippen molar-refractivity contribution in [3.8, 4) is 0 Å². The number of hydrogen-bond donors (Lipinski definition) is 1. The molecule has 1 aromatic rings. The number of aromatic nitrogens is 2. The topological polar surface area (TPSA) is 38.1 Å². The van der Waals surface area contributed by atoms with Crippen LogP contribution in [0.3, 0.4) is 0 Å². The lowest BCUT2D eigenvalue weighted by atomic mass is 9.79. The summed E-state index contributed by atoms with van der Waals surface area (Å²) in [5.41, 5.74) is 1.35. The first-order valence-corrected chi connectivity index (χ1v) is 5.75. The Morgan fingerprint density at radius 1 is 1.40 bits per heavy atom. The van der Waals surface area contributed by atoms with Crippen LogP contribution >= 0.6 is 0 Å². The van der Waals surface area contributed by atoms with Crippen LogP contribution in [0.1, 0.15) is 38.8 Å². The van der Waals surface area contributed by atoms with Gasteiger partial charge in [-0.3, -0.25) is 4.68 Å². The van der Waals surface area contributed by atoms with Crippen molar-refractivity contribution in [2.45, 2.75) is 39.5 Å². The number of aliphatic hydroxyl groups is 1. The van der Waals surface area contributed by atoms with Crippen LogP contribution in [0.25, 0.3) is 0 Å². The second kappa shape index (κ2) is 5.31. The Balaban J connectivity index is 2.58. The zero-order valence-corrected chi connectivity index (χ0v) is 10.0. The fourth-order valence-corrected chi connectivity index (χ4v) is 1.95. The number of aryl methyl sites for hydroxylation is 2.